The van der Waals surface area contributed by atoms with E-state index in [9.17, 15) is 10.1 Å². The lowest BCUT2D eigenvalue weighted by Crippen LogP contribution is -2.36. The van der Waals surface area contributed by atoms with Gasteiger partial charge >= 0.3 is 5.69 Å². The number of nitrogens with one attached hydrogen (secondary N) is 1. The van der Waals surface area contributed by atoms with Gasteiger partial charge in [0.2, 0.25) is 0 Å². The maximum absolute atomic E-state index is 12.7. The Morgan fingerprint density at radius 1 is 1.00 bits per heavy atom. The molecule has 5 aromatic rings. The van der Waals surface area contributed by atoms with Crippen LogP contribution in [-0.4, -0.2) is 57.9 Å². The van der Waals surface area contributed by atoms with E-state index in [0.29, 0.717) is 11.4 Å². The molecule has 8 nitrogen and oxygen atoms in total. The minimum Gasteiger partial charge on any atom is -0.369 e. The summed E-state index contributed by atoms with van der Waals surface area (Å²) < 4.78 is 1.94. The van der Waals surface area contributed by atoms with Crippen LogP contribution in [0.5, 0.6) is 0 Å². The van der Waals surface area contributed by atoms with E-state index < -0.39 is 0 Å². The maximum atomic E-state index is 12.7. The predicted molar refractivity (Wildman–Crippen MR) is 168 cm³/mol. The van der Waals surface area contributed by atoms with Crippen LogP contribution in [0.25, 0.3) is 33.4 Å². The quantitative estimate of drug-likeness (QED) is 0.197. The van der Waals surface area contributed by atoms with Crippen molar-refractivity contribution in [1.29, 1.82) is 5.26 Å². The Labute approximate surface area is 245 Å². The molecule has 0 aliphatic carbocycles. The van der Waals surface area contributed by atoms with Crippen molar-refractivity contribution in [2.75, 3.05) is 27.2 Å². The van der Waals surface area contributed by atoms with Crippen molar-refractivity contribution in [3.63, 3.8) is 0 Å². The van der Waals surface area contributed by atoms with Crippen LogP contribution in [0.1, 0.15) is 30.0 Å². The third kappa shape index (κ3) is 5.60. The molecule has 2 aromatic heterocycles. The Bertz CT molecular complexity index is 1820. The summed E-state index contributed by atoms with van der Waals surface area (Å²) in [4.78, 5) is 29.3. The van der Waals surface area contributed by atoms with E-state index in [-0.39, 0.29) is 11.7 Å². The molecule has 1 aliphatic heterocycles. The zero-order valence-electron chi connectivity index (χ0n) is 23.9. The molecule has 0 amide bonds. The second-order valence-electron chi connectivity index (χ2n) is 11.0. The molecule has 1 N–H and O–H groups in total. The average molecular weight is 556 g/mol. The van der Waals surface area contributed by atoms with E-state index in [2.05, 4.69) is 45.2 Å². The maximum Gasteiger partial charge on any atom is 0.326 e. The molecule has 210 valence electrons. The number of rotatable bonds is 7. The number of H-pyrrole nitrogens is 1. The summed E-state index contributed by atoms with van der Waals surface area (Å²) in [5, 5.41) is 9.84. The van der Waals surface area contributed by atoms with Crippen molar-refractivity contribution in [3.05, 3.63) is 107 Å². The lowest BCUT2D eigenvalue weighted by atomic mass is 9.97. The normalized spacial score (nSPS) is 14.4. The third-order valence-corrected chi connectivity index (χ3v) is 7.80. The number of hydrogen-bond acceptors (Lipinski definition) is 5. The van der Waals surface area contributed by atoms with Gasteiger partial charge in [-0.3, -0.25) is 9.47 Å². The molecule has 8 heteroatoms. The smallest absolute Gasteiger partial charge is 0.326 e. The van der Waals surface area contributed by atoms with Crippen LogP contribution < -0.4 is 5.69 Å². The zero-order chi connectivity index (χ0) is 29.1. The van der Waals surface area contributed by atoms with Crippen LogP contribution >= 0.6 is 0 Å². The van der Waals surface area contributed by atoms with Gasteiger partial charge in [0.15, 0.2) is 5.82 Å². The van der Waals surface area contributed by atoms with Crippen molar-refractivity contribution in [1.82, 2.24) is 24.3 Å². The first-order valence-corrected chi connectivity index (χ1v) is 14.2. The molecule has 6 rings (SSSR count). The van der Waals surface area contributed by atoms with Crippen LogP contribution in [0.15, 0.2) is 94.7 Å². The lowest BCUT2D eigenvalue weighted by molar-refractivity contribution is 0.180. The molecule has 0 atom stereocenters. The van der Waals surface area contributed by atoms with Gasteiger partial charge in [-0.05, 0) is 42.2 Å². The van der Waals surface area contributed by atoms with Gasteiger partial charge in [0.05, 0.1) is 28.6 Å². The summed E-state index contributed by atoms with van der Waals surface area (Å²) in [6.45, 7) is 2.71. The van der Waals surface area contributed by atoms with E-state index in [4.69, 9.17) is 4.98 Å². The fourth-order valence-corrected chi connectivity index (χ4v) is 5.71. The highest BCUT2D eigenvalue weighted by Crippen LogP contribution is 2.35. The van der Waals surface area contributed by atoms with E-state index in [1.165, 1.54) is 5.56 Å². The van der Waals surface area contributed by atoms with Gasteiger partial charge in [-0.1, -0.05) is 66.7 Å². The summed E-state index contributed by atoms with van der Waals surface area (Å²) in [7, 11) is 3.77. The van der Waals surface area contributed by atoms with Gasteiger partial charge in [0.25, 0.3) is 0 Å². The second-order valence-corrected chi connectivity index (χ2v) is 11.0. The van der Waals surface area contributed by atoms with Gasteiger partial charge in [-0.2, -0.15) is 5.26 Å². The number of benzene rings is 3. The number of likely N-dealkylation sites (tertiary alicyclic amines) is 1. The molecule has 0 radical (unpaired) electrons. The molecule has 3 aromatic carbocycles. The summed E-state index contributed by atoms with van der Waals surface area (Å²) in [5.41, 5.74) is 7.19. The highest BCUT2D eigenvalue weighted by Gasteiger charge is 2.23. The Morgan fingerprint density at radius 3 is 2.43 bits per heavy atom. The number of aliphatic imine (C=N–C) groups is 1. The number of nitrogens with zero attached hydrogens (tertiary/aromatic N) is 6. The number of hydrogen-bond donors (Lipinski definition) is 1. The molecule has 0 unspecified atom stereocenters. The number of piperidine rings is 1. The van der Waals surface area contributed by atoms with Gasteiger partial charge in [0, 0.05) is 50.9 Å². The predicted octanol–water partition coefficient (Wildman–Crippen LogP) is 5.99. The molecule has 1 fully saturated rings. The van der Waals surface area contributed by atoms with Gasteiger partial charge in [0.1, 0.15) is 6.07 Å². The van der Waals surface area contributed by atoms with E-state index in [1.54, 1.807) is 6.34 Å². The minimum atomic E-state index is -0.0212. The summed E-state index contributed by atoms with van der Waals surface area (Å²) in [6, 6.07) is 30.8. The first kappa shape index (κ1) is 27.2. The first-order valence-electron chi connectivity index (χ1n) is 14.2. The standard InChI is InChI=1S/C34H33N7O/c1-39(2)23-36-33-27(21-35)20-29(25-8-4-3-5-9-25)32(38-33)26-14-12-24(13-15-26)22-40-18-16-28(17-19-40)41-31-11-7-6-10-30(31)37-34(41)42/h3-15,20,23,28H,16-19,22H2,1-2H3,(H,37,42). The molecule has 1 saturated heterocycles. The number of fused-ring (bicyclic) bond motifs is 1. The molecule has 42 heavy (non-hydrogen) atoms. The zero-order valence-corrected chi connectivity index (χ0v) is 23.9. The van der Waals surface area contributed by atoms with E-state index in [1.807, 2.05) is 84.2 Å². The monoisotopic (exact) mass is 555 g/mol. The first-order chi connectivity index (χ1) is 20.5. The Hall–Kier alpha value is -5.00. The largest absolute Gasteiger partial charge is 0.369 e. The van der Waals surface area contributed by atoms with Crippen LogP contribution in [0.3, 0.4) is 0 Å². The number of nitriles is 1. The van der Waals surface area contributed by atoms with Crippen molar-refractivity contribution >= 4 is 23.2 Å². The van der Waals surface area contributed by atoms with Gasteiger partial charge in [-0.25, -0.2) is 14.8 Å². The van der Waals surface area contributed by atoms with Crippen molar-refractivity contribution in [2.45, 2.75) is 25.4 Å². The van der Waals surface area contributed by atoms with Gasteiger partial charge in [-0.15, -0.1) is 0 Å². The molecule has 1 aliphatic rings. The SMILES string of the molecule is CN(C)C=Nc1nc(-c2ccc(CN3CCC(n4c(=O)[nH]c5ccccc54)CC3)cc2)c(-c2ccccc2)cc1C#N. The fourth-order valence-electron chi connectivity index (χ4n) is 5.71. The molecule has 0 saturated carbocycles. The van der Waals surface area contributed by atoms with Crippen molar-refractivity contribution < 1.29 is 0 Å². The number of pyridine rings is 1. The number of aromatic amines is 1. The van der Waals surface area contributed by atoms with Crippen molar-refractivity contribution in [2.24, 2.45) is 4.99 Å². The van der Waals surface area contributed by atoms with Crippen LogP contribution in [0.4, 0.5) is 5.82 Å². The molecule has 3 heterocycles. The molecule has 0 bridgehead atoms. The number of aromatic nitrogens is 3. The Morgan fingerprint density at radius 2 is 1.71 bits per heavy atom. The average Bonchev–Trinajstić information content (AvgIpc) is 3.36. The Kier molecular flexibility index (Phi) is 7.67. The lowest BCUT2D eigenvalue weighted by Gasteiger charge is -2.32. The van der Waals surface area contributed by atoms with Crippen molar-refractivity contribution in [3.8, 4) is 28.5 Å². The van der Waals surface area contributed by atoms with Gasteiger partial charge < -0.3 is 9.88 Å². The summed E-state index contributed by atoms with van der Waals surface area (Å²) >= 11 is 0. The highest BCUT2D eigenvalue weighted by molar-refractivity contribution is 5.84. The van der Waals surface area contributed by atoms with Crippen LogP contribution in [-0.2, 0) is 6.54 Å². The van der Waals surface area contributed by atoms with E-state index in [0.717, 1.165) is 65.9 Å². The summed E-state index contributed by atoms with van der Waals surface area (Å²) in [6.07, 6.45) is 3.54. The van der Waals surface area contributed by atoms with Crippen LogP contribution in [0, 0.1) is 11.3 Å². The third-order valence-electron chi connectivity index (χ3n) is 7.80. The minimum absolute atomic E-state index is 0.0212. The summed E-state index contributed by atoms with van der Waals surface area (Å²) in [5.74, 6) is 0.405. The molecule has 0 spiro atoms. The Balaban J connectivity index is 1.21. The van der Waals surface area contributed by atoms with E-state index >= 15 is 0 Å². The second kappa shape index (κ2) is 11.9. The number of imidazole rings is 1. The molecular formula is C34H33N7O. The number of para-hydroxylation sites is 2. The highest BCUT2D eigenvalue weighted by atomic mass is 16.1. The van der Waals surface area contributed by atoms with Crippen LogP contribution in [0.2, 0.25) is 0 Å². The fraction of sp³-hybridized carbons (Fsp3) is 0.235. The molecular weight excluding hydrogens is 522 g/mol. The topological polar surface area (TPSA) is 93.3 Å².